The number of aliphatic carboxylic acids is 1. The Hall–Kier alpha value is -1.81. The van der Waals surface area contributed by atoms with Gasteiger partial charge in [-0.2, -0.15) is 0 Å². The molecule has 0 heterocycles. The molecule has 0 aliphatic carbocycles. The highest BCUT2D eigenvalue weighted by molar-refractivity contribution is 5.94. The van der Waals surface area contributed by atoms with Crippen LogP contribution in [-0.4, -0.2) is 17.0 Å². The van der Waals surface area contributed by atoms with Crippen LogP contribution in [0.2, 0.25) is 0 Å². The molecule has 0 unspecified atom stereocenters. The van der Waals surface area contributed by atoms with Gasteiger partial charge in [0.25, 0.3) is 0 Å². The number of carbonyl (C=O) groups excluding carboxylic acids is 1. The van der Waals surface area contributed by atoms with Crippen molar-refractivity contribution in [1.29, 1.82) is 0 Å². The topological polar surface area (TPSA) is 103 Å². The SMILES string of the molecule is [N-]=[N+]=NC(=O)/C=C/C(=O)O. The summed E-state index contributed by atoms with van der Waals surface area (Å²) < 4.78 is 0. The van der Waals surface area contributed by atoms with E-state index in [1.807, 2.05) is 0 Å². The van der Waals surface area contributed by atoms with Gasteiger partial charge in [0.2, 0.25) is 5.91 Å². The zero-order valence-corrected chi connectivity index (χ0v) is 4.76. The molecule has 10 heavy (non-hydrogen) atoms. The number of carbonyl (C=O) groups is 2. The van der Waals surface area contributed by atoms with Crippen molar-refractivity contribution in [2.24, 2.45) is 5.11 Å². The molecule has 1 N–H and O–H groups in total. The minimum atomic E-state index is -1.26. The predicted octanol–water partition coefficient (Wildman–Crippen LogP) is 0.464. The van der Waals surface area contributed by atoms with E-state index < -0.39 is 11.9 Å². The fourth-order valence-corrected chi connectivity index (χ4v) is 0.220. The molecule has 0 fully saturated rings. The number of rotatable bonds is 2. The smallest absolute Gasteiger partial charge is 0.328 e. The zero-order chi connectivity index (χ0) is 7.98. The molecule has 0 saturated carbocycles. The molecule has 1 amide bonds. The van der Waals surface area contributed by atoms with Gasteiger partial charge in [0.1, 0.15) is 0 Å². The van der Waals surface area contributed by atoms with Gasteiger partial charge in [-0.25, -0.2) is 4.79 Å². The molecular formula is C4H3N3O3. The van der Waals surface area contributed by atoms with Gasteiger partial charge in [0.15, 0.2) is 0 Å². The highest BCUT2D eigenvalue weighted by Crippen LogP contribution is 1.79. The lowest BCUT2D eigenvalue weighted by Gasteiger charge is -1.75. The third kappa shape index (κ3) is 4.35. The molecule has 0 aromatic rings. The lowest BCUT2D eigenvalue weighted by atomic mass is 10.5. The summed E-state index contributed by atoms with van der Waals surface area (Å²) in [4.78, 5) is 22.1. The van der Waals surface area contributed by atoms with Crippen LogP contribution in [0.5, 0.6) is 0 Å². The highest BCUT2D eigenvalue weighted by atomic mass is 16.4. The fraction of sp³-hybridized carbons (Fsp3) is 0. The third-order valence-electron chi connectivity index (χ3n) is 0.512. The average molecular weight is 141 g/mol. The highest BCUT2D eigenvalue weighted by Gasteiger charge is 1.90. The Labute approximate surface area is 55.4 Å². The average Bonchev–Trinajstić information content (AvgIpc) is 1.85. The normalized spacial score (nSPS) is 8.80. The van der Waals surface area contributed by atoms with E-state index in [1.54, 1.807) is 0 Å². The first kappa shape index (κ1) is 8.19. The molecule has 6 nitrogen and oxygen atoms in total. The van der Waals surface area contributed by atoms with Crippen LogP contribution in [-0.2, 0) is 9.59 Å². The second kappa shape index (κ2) is 4.11. The summed E-state index contributed by atoms with van der Waals surface area (Å²) in [5.74, 6) is -2.19. The first-order valence-electron chi connectivity index (χ1n) is 2.17. The summed E-state index contributed by atoms with van der Waals surface area (Å²) in [7, 11) is 0. The van der Waals surface area contributed by atoms with E-state index in [9.17, 15) is 9.59 Å². The molecule has 6 heteroatoms. The van der Waals surface area contributed by atoms with Crippen LogP contribution in [0, 0.1) is 0 Å². The van der Waals surface area contributed by atoms with E-state index >= 15 is 0 Å². The first-order valence-corrected chi connectivity index (χ1v) is 2.17. The Morgan fingerprint density at radius 3 is 2.50 bits per heavy atom. The van der Waals surface area contributed by atoms with E-state index in [2.05, 4.69) is 10.0 Å². The van der Waals surface area contributed by atoms with E-state index in [0.29, 0.717) is 12.2 Å². The monoisotopic (exact) mass is 141 g/mol. The maximum Gasteiger partial charge on any atom is 0.328 e. The van der Waals surface area contributed by atoms with E-state index in [4.69, 9.17) is 10.6 Å². The van der Waals surface area contributed by atoms with Crippen LogP contribution in [0.25, 0.3) is 10.4 Å². The van der Waals surface area contributed by atoms with Gasteiger partial charge in [0.05, 0.1) is 0 Å². The maximum absolute atomic E-state index is 10.2. The largest absolute Gasteiger partial charge is 0.478 e. The molecule has 0 aliphatic heterocycles. The molecule has 0 saturated heterocycles. The van der Waals surface area contributed by atoms with Crippen molar-refractivity contribution < 1.29 is 14.7 Å². The van der Waals surface area contributed by atoms with E-state index in [0.717, 1.165) is 0 Å². The summed E-state index contributed by atoms with van der Waals surface area (Å²) in [5.41, 5.74) is 7.66. The Morgan fingerprint density at radius 2 is 2.10 bits per heavy atom. The van der Waals surface area contributed by atoms with E-state index in [1.165, 1.54) is 0 Å². The Morgan fingerprint density at radius 1 is 1.50 bits per heavy atom. The number of hydrogen-bond acceptors (Lipinski definition) is 2. The van der Waals surface area contributed by atoms with Crippen molar-refractivity contribution in [3.63, 3.8) is 0 Å². The fourth-order valence-electron chi connectivity index (χ4n) is 0.220. The van der Waals surface area contributed by atoms with Crippen molar-refractivity contribution in [3.8, 4) is 0 Å². The van der Waals surface area contributed by atoms with Crippen LogP contribution in [0.4, 0.5) is 0 Å². The summed E-state index contributed by atoms with van der Waals surface area (Å²) in [6, 6.07) is 0. The van der Waals surface area contributed by atoms with Crippen molar-refractivity contribution in [2.75, 3.05) is 0 Å². The Bertz CT molecular complexity index is 226. The van der Waals surface area contributed by atoms with Crippen molar-refractivity contribution in [3.05, 3.63) is 22.6 Å². The van der Waals surface area contributed by atoms with Gasteiger partial charge in [-0.05, 0) is 16.7 Å². The lowest BCUT2D eigenvalue weighted by Crippen LogP contribution is -1.90. The van der Waals surface area contributed by atoms with Gasteiger partial charge in [-0.15, -0.1) is 0 Å². The van der Waals surface area contributed by atoms with Gasteiger partial charge < -0.3 is 5.11 Å². The predicted molar refractivity (Wildman–Crippen MR) is 30.9 cm³/mol. The Balaban J connectivity index is 4.02. The number of nitrogens with zero attached hydrogens (tertiary/aromatic N) is 3. The molecule has 0 spiro atoms. The van der Waals surface area contributed by atoms with Crippen molar-refractivity contribution >= 4 is 11.9 Å². The second-order valence-corrected chi connectivity index (χ2v) is 1.20. The quantitative estimate of drug-likeness (QED) is 0.261. The Kier molecular flexibility index (Phi) is 3.36. The molecule has 0 aromatic carbocycles. The number of hydrogen-bond donors (Lipinski definition) is 1. The van der Waals surface area contributed by atoms with Crippen molar-refractivity contribution in [1.82, 2.24) is 0 Å². The minimum absolute atomic E-state index is 0.594. The third-order valence-corrected chi connectivity index (χ3v) is 0.512. The van der Waals surface area contributed by atoms with Crippen LogP contribution in [0.1, 0.15) is 0 Å². The van der Waals surface area contributed by atoms with Crippen LogP contribution >= 0.6 is 0 Å². The molecule has 52 valence electrons. The lowest BCUT2D eigenvalue weighted by molar-refractivity contribution is -0.131. The van der Waals surface area contributed by atoms with E-state index in [-0.39, 0.29) is 0 Å². The number of azide groups is 1. The molecule has 0 rings (SSSR count). The minimum Gasteiger partial charge on any atom is -0.478 e. The van der Waals surface area contributed by atoms with Gasteiger partial charge in [0, 0.05) is 11.0 Å². The second-order valence-electron chi connectivity index (χ2n) is 1.20. The summed E-state index contributed by atoms with van der Waals surface area (Å²) in [6.45, 7) is 0. The molecular weight excluding hydrogens is 138 g/mol. The number of carboxylic acids is 1. The van der Waals surface area contributed by atoms with Gasteiger partial charge in [-0.1, -0.05) is 0 Å². The number of amides is 1. The van der Waals surface area contributed by atoms with Gasteiger partial charge >= 0.3 is 5.97 Å². The number of carboxylic acid groups (broad SMARTS) is 1. The first-order chi connectivity index (χ1) is 4.66. The van der Waals surface area contributed by atoms with Crippen molar-refractivity contribution in [2.45, 2.75) is 0 Å². The standard InChI is InChI=1S/C4H3N3O3/c5-7-6-3(8)1-2-4(9)10/h1-2H,(H,9,10)/b2-1+. The van der Waals surface area contributed by atoms with Gasteiger partial charge in [-0.3, -0.25) is 4.79 Å². The molecule has 0 bridgehead atoms. The van der Waals surface area contributed by atoms with Crippen LogP contribution in [0.15, 0.2) is 17.3 Å². The van der Waals surface area contributed by atoms with Crippen LogP contribution in [0.3, 0.4) is 0 Å². The zero-order valence-electron chi connectivity index (χ0n) is 4.76. The summed E-state index contributed by atoms with van der Waals surface area (Å²) in [6.07, 6.45) is 1.26. The summed E-state index contributed by atoms with van der Waals surface area (Å²) in [5, 5.41) is 10.5. The molecule has 0 atom stereocenters. The molecule has 0 aliphatic rings. The maximum atomic E-state index is 10.2. The molecule has 0 aromatic heterocycles. The summed E-state index contributed by atoms with van der Waals surface area (Å²) >= 11 is 0. The van der Waals surface area contributed by atoms with Crippen LogP contribution < -0.4 is 0 Å². The molecule has 0 radical (unpaired) electrons.